The Kier molecular flexibility index (Phi) is 2.33. The summed E-state index contributed by atoms with van der Waals surface area (Å²) >= 11 is 0. The normalized spacial score (nSPS) is 10.9. The Morgan fingerprint density at radius 3 is 2.88 bits per heavy atom. The second-order valence-corrected chi connectivity index (χ2v) is 3.91. The Bertz CT molecular complexity index is 643. The first kappa shape index (κ1) is 9.96. The topological polar surface area (TPSA) is 43.6 Å². The molecule has 83 valence electrons. The van der Waals surface area contributed by atoms with Crippen LogP contribution in [0.1, 0.15) is 11.4 Å². The van der Waals surface area contributed by atoms with E-state index in [1.807, 2.05) is 29.7 Å². The van der Waals surface area contributed by atoms with Gasteiger partial charge in [0.05, 0.1) is 6.33 Å². The number of imidazole rings is 1. The average molecular weight is 223 g/mol. The monoisotopic (exact) mass is 223 g/mol. The van der Waals surface area contributed by atoms with Crippen LogP contribution in [0.25, 0.3) is 11.2 Å². The van der Waals surface area contributed by atoms with E-state index < -0.39 is 0 Å². The zero-order valence-corrected chi connectivity index (χ0v) is 9.46. The van der Waals surface area contributed by atoms with Crippen molar-refractivity contribution in [3.63, 3.8) is 0 Å². The maximum atomic E-state index is 4.26. The maximum Gasteiger partial charge on any atom is 0.181 e. The smallest absolute Gasteiger partial charge is 0.181 e. The molecule has 1 radical (unpaired) electrons. The standard InChI is InChI=1S/C13H11N4/c1-10-14-7-12-13(16-10)15-9-17(12)8-11-5-3-2-4-6-11/h2-6,9H,8H2,1H3. The van der Waals surface area contributed by atoms with E-state index in [2.05, 4.69) is 33.3 Å². The minimum Gasteiger partial charge on any atom is -0.323 e. The molecule has 3 rings (SSSR count). The second-order valence-electron chi connectivity index (χ2n) is 3.91. The highest BCUT2D eigenvalue weighted by atomic mass is 15.1. The van der Waals surface area contributed by atoms with Gasteiger partial charge < -0.3 is 4.57 Å². The fourth-order valence-corrected chi connectivity index (χ4v) is 1.78. The van der Waals surface area contributed by atoms with E-state index in [-0.39, 0.29) is 0 Å². The summed E-state index contributed by atoms with van der Waals surface area (Å²) in [5, 5.41) is 0. The lowest BCUT2D eigenvalue weighted by Crippen LogP contribution is -1.98. The summed E-state index contributed by atoms with van der Waals surface area (Å²) in [5.41, 5.74) is 2.77. The first-order valence-electron chi connectivity index (χ1n) is 5.44. The molecule has 0 N–H and O–H groups in total. The highest BCUT2D eigenvalue weighted by molar-refractivity contribution is 5.68. The molecule has 0 aliphatic heterocycles. The molecule has 0 amide bonds. The van der Waals surface area contributed by atoms with Crippen molar-refractivity contribution < 1.29 is 0 Å². The van der Waals surface area contributed by atoms with Gasteiger partial charge in [0.15, 0.2) is 5.65 Å². The number of nitrogens with zero attached hydrogens (tertiary/aromatic N) is 4. The van der Waals surface area contributed by atoms with Gasteiger partial charge in [-0.15, -0.1) is 0 Å². The number of hydrogen-bond donors (Lipinski definition) is 0. The number of aryl methyl sites for hydroxylation is 1. The largest absolute Gasteiger partial charge is 0.323 e. The summed E-state index contributed by atoms with van der Waals surface area (Å²) in [4.78, 5) is 12.6. The van der Waals surface area contributed by atoms with E-state index in [1.54, 1.807) is 6.33 Å². The van der Waals surface area contributed by atoms with Crippen molar-refractivity contribution in [1.29, 1.82) is 0 Å². The van der Waals surface area contributed by atoms with Gasteiger partial charge in [0.25, 0.3) is 0 Å². The van der Waals surface area contributed by atoms with Crippen molar-refractivity contribution in [2.24, 2.45) is 0 Å². The van der Waals surface area contributed by atoms with Gasteiger partial charge >= 0.3 is 0 Å². The molecule has 1 aromatic carbocycles. The van der Waals surface area contributed by atoms with E-state index in [9.17, 15) is 0 Å². The quantitative estimate of drug-likeness (QED) is 0.667. The van der Waals surface area contributed by atoms with Crippen molar-refractivity contribution in [2.45, 2.75) is 13.5 Å². The maximum absolute atomic E-state index is 4.26. The Labute approximate surface area is 99.0 Å². The molecular formula is C13H11N4. The molecule has 0 saturated heterocycles. The molecule has 0 aliphatic carbocycles. The molecule has 0 spiro atoms. The van der Waals surface area contributed by atoms with E-state index in [4.69, 9.17) is 0 Å². The lowest BCUT2D eigenvalue weighted by molar-refractivity contribution is 0.821. The van der Waals surface area contributed by atoms with Gasteiger partial charge in [-0.3, -0.25) is 0 Å². The number of rotatable bonds is 2. The molecule has 2 aromatic heterocycles. The van der Waals surface area contributed by atoms with Crippen molar-refractivity contribution in [3.8, 4) is 0 Å². The van der Waals surface area contributed by atoms with Crippen LogP contribution >= 0.6 is 0 Å². The summed E-state index contributed by atoms with van der Waals surface area (Å²) in [5.74, 6) is 0.697. The van der Waals surface area contributed by atoms with Crippen LogP contribution in [-0.2, 0) is 6.54 Å². The summed E-state index contributed by atoms with van der Waals surface area (Å²) in [7, 11) is 0. The molecule has 3 aromatic rings. The van der Waals surface area contributed by atoms with Crippen molar-refractivity contribution in [2.75, 3.05) is 0 Å². The Balaban J connectivity index is 2.01. The summed E-state index contributed by atoms with van der Waals surface area (Å²) < 4.78 is 2.00. The van der Waals surface area contributed by atoms with Crippen molar-refractivity contribution >= 4 is 11.2 Å². The molecule has 2 heterocycles. The molecule has 4 heteroatoms. The first-order valence-corrected chi connectivity index (χ1v) is 5.44. The summed E-state index contributed by atoms with van der Waals surface area (Å²) in [6.45, 7) is 2.60. The second kappa shape index (κ2) is 3.97. The van der Waals surface area contributed by atoms with E-state index in [1.165, 1.54) is 5.56 Å². The van der Waals surface area contributed by atoms with Crippen LogP contribution in [0.15, 0.2) is 36.7 Å². The highest BCUT2D eigenvalue weighted by Crippen LogP contribution is 2.11. The molecule has 0 bridgehead atoms. The Hall–Kier alpha value is -2.23. The van der Waals surface area contributed by atoms with Crippen LogP contribution in [0.5, 0.6) is 0 Å². The van der Waals surface area contributed by atoms with Crippen LogP contribution in [0.2, 0.25) is 0 Å². The van der Waals surface area contributed by atoms with Crippen LogP contribution in [0.3, 0.4) is 0 Å². The third-order valence-electron chi connectivity index (χ3n) is 2.61. The van der Waals surface area contributed by atoms with Gasteiger partial charge in [0.2, 0.25) is 0 Å². The third kappa shape index (κ3) is 1.89. The Morgan fingerprint density at radius 1 is 1.24 bits per heavy atom. The molecular weight excluding hydrogens is 212 g/mol. The lowest BCUT2D eigenvalue weighted by Gasteiger charge is -2.03. The molecule has 0 fully saturated rings. The first-order chi connectivity index (χ1) is 8.33. The molecule has 17 heavy (non-hydrogen) atoms. The molecule has 0 aliphatic rings. The van der Waals surface area contributed by atoms with Gasteiger partial charge in [-0.25, -0.2) is 15.0 Å². The summed E-state index contributed by atoms with van der Waals surface area (Å²) in [6.07, 6.45) is 4.76. The number of hydrogen-bond acceptors (Lipinski definition) is 3. The molecule has 0 unspecified atom stereocenters. The van der Waals surface area contributed by atoms with Gasteiger partial charge in [0, 0.05) is 6.54 Å². The van der Waals surface area contributed by atoms with Crippen LogP contribution < -0.4 is 0 Å². The highest BCUT2D eigenvalue weighted by Gasteiger charge is 2.05. The lowest BCUT2D eigenvalue weighted by atomic mass is 10.2. The van der Waals surface area contributed by atoms with E-state index >= 15 is 0 Å². The number of aromatic nitrogens is 4. The summed E-state index contributed by atoms with van der Waals surface area (Å²) in [6, 6.07) is 10.2. The third-order valence-corrected chi connectivity index (χ3v) is 2.61. The van der Waals surface area contributed by atoms with E-state index in [0.29, 0.717) is 11.5 Å². The Morgan fingerprint density at radius 2 is 2.06 bits per heavy atom. The average Bonchev–Trinajstić information content (AvgIpc) is 2.73. The van der Waals surface area contributed by atoms with Gasteiger partial charge in [-0.1, -0.05) is 30.3 Å². The van der Waals surface area contributed by atoms with E-state index in [0.717, 1.165) is 12.1 Å². The van der Waals surface area contributed by atoms with Crippen molar-refractivity contribution in [1.82, 2.24) is 19.5 Å². The van der Waals surface area contributed by atoms with Crippen LogP contribution in [-0.4, -0.2) is 19.5 Å². The zero-order chi connectivity index (χ0) is 11.7. The van der Waals surface area contributed by atoms with Gasteiger partial charge in [0.1, 0.15) is 17.5 Å². The number of benzene rings is 1. The predicted octanol–water partition coefficient (Wildman–Crippen LogP) is 1.98. The fourth-order valence-electron chi connectivity index (χ4n) is 1.78. The molecule has 0 saturated carbocycles. The molecule has 0 atom stereocenters. The fraction of sp³-hybridized carbons (Fsp3) is 0.154. The van der Waals surface area contributed by atoms with Gasteiger partial charge in [-0.05, 0) is 12.5 Å². The number of fused-ring (bicyclic) bond motifs is 1. The SMILES string of the molecule is Cc1n[c]c2c(ncn2Cc2ccccc2)n1. The molecule has 4 nitrogen and oxygen atoms in total. The minimum absolute atomic E-state index is 0.697. The minimum atomic E-state index is 0.697. The van der Waals surface area contributed by atoms with Gasteiger partial charge in [-0.2, -0.15) is 0 Å². The zero-order valence-electron chi connectivity index (χ0n) is 9.46. The van der Waals surface area contributed by atoms with Crippen molar-refractivity contribution in [3.05, 3.63) is 54.2 Å². The predicted molar refractivity (Wildman–Crippen MR) is 64.4 cm³/mol. The van der Waals surface area contributed by atoms with Crippen LogP contribution in [0.4, 0.5) is 0 Å². The van der Waals surface area contributed by atoms with Crippen LogP contribution in [0, 0.1) is 13.1 Å².